The Morgan fingerprint density at radius 1 is 1.02 bits per heavy atom. The minimum absolute atomic E-state index is 0.279. The van der Waals surface area contributed by atoms with Gasteiger partial charge in [0, 0.05) is 0 Å². The van der Waals surface area contributed by atoms with Crippen LogP contribution < -0.4 is 15.9 Å². The van der Waals surface area contributed by atoms with Crippen LogP contribution in [0.4, 0.5) is 5.82 Å². The van der Waals surface area contributed by atoms with Crippen LogP contribution in [0.1, 0.15) is 79.6 Å². The van der Waals surface area contributed by atoms with Crippen molar-refractivity contribution < 1.29 is 28.4 Å². The van der Waals surface area contributed by atoms with Crippen LogP contribution in [0.15, 0.2) is 12.7 Å². The summed E-state index contributed by atoms with van der Waals surface area (Å²) in [6, 6.07) is 0. The molecule has 2 bridgehead atoms. The second-order valence-electron chi connectivity index (χ2n) is 14.9. The normalized spacial score (nSPS) is 28.7. The van der Waals surface area contributed by atoms with Gasteiger partial charge in [0.05, 0.1) is 32.2 Å². The Balaban J connectivity index is 1.09. The average Bonchev–Trinajstić information content (AvgIpc) is 3.71. The molecular formula is C30H46N7O6P. The molecule has 5 aliphatic carbocycles. The number of hydrogen-bond donors (Lipinski definition) is 3. The number of rotatable bonds is 17. The molecule has 2 aromatic heterocycles. The molecule has 2 aromatic rings. The molecule has 5 aliphatic rings. The maximum Gasteiger partial charge on any atom is 0.326 e. The number of nitrogens with one attached hydrogen (secondary N) is 2. The number of nitrogens with two attached hydrogens (primary N) is 1. The number of ether oxygens (including phenoxy) is 3. The summed E-state index contributed by atoms with van der Waals surface area (Å²) in [5.74, 6) is 0.923. The van der Waals surface area contributed by atoms with Crippen molar-refractivity contribution >= 4 is 36.4 Å². The number of imidazole rings is 1. The predicted molar refractivity (Wildman–Crippen MR) is 163 cm³/mol. The smallest absolute Gasteiger partial charge is 0.326 e. The van der Waals surface area contributed by atoms with Gasteiger partial charge in [0.25, 0.3) is 0 Å². The molecular weight excluding hydrogens is 585 g/mol. The molecule has 0 aromatic carbocycles. The zero-order valence-electron chi connectivity index (χ0n) is 26.4. The number of aromatic nitrogens is 4. The van der Waals surface area contributed by atoms with Crippen LogP contribution in [0.25, 0.3) is 11.2 Å². The minimum Gasteiger partial charge on any atom is -0.464 e. The van der Waals surface area contributed by atoms with Crippen molar-refractivity contribution in [3.05, 3.63) is 12.7 Å². The number of hydrogen-bond acceptors (Lipinski definition) is 10. The molecule has 0 aliphatic heterocycles. The van der Waals surface area contributed by atoms with Crippen molar-refractivity contribution in [3.63, 3.8) is 0 Å². The molecule has 0 amide bonds. The van der Waals surface area contributed by atoms with Crippen LogP contribution in [0.2, 0.25) is 0 Å². The van der Waals surface area contributed by atoms with Gasteiger partial charge >= 0.3 is 11.9 Å². The lowest BCUT2D eigenvalue weighted by molar-refractivity contribution is -0.157. The molecule has 0 spiro atoms. The highest BCUT2D eigenvalue weighted by Gasteiger charge is 2.68. The third-order valence-corrected chi connectivity index (χ3v) is 12.4. The number of carbonyl (C=O) groups is 2. The van der Waals surface area contributed by atoms with Gasteiger partial charge in [-0.3, -0.25) is 14.2 Å². The van der Waals surface area contributed by atoms with E-state index >= 15 is 0 Å². The lowest BCUT2D eigenvalue weighted by Gasteiger charge is -2.62. The molecule has 44 heavy (non-hydrogen) atoms. The summed E-state index contributed by atoms with van der Waals surface area (Å²) in [6.45, 7) is 9.33. The Kier molecular flexibility index (Phi) is 7.87. The largest absolute Gasteiger partial charge is 0.464 e. The molecule has 2 atom stereocenters. The summed E-state index contributed by atoms with van der Waals surface area (Å²) in [7, 11) is -3.76. The van der Waals surface area contributed by atoms with Crippen molar-refractivity contribution in [2.24, 2.45) is 22.7 Å². The van der Waals surface area contributed by atoms with Gasteiger partial charge in [-0.2, -0.15) is 0 Å². The summed E-state index contributed by atoms with van der Waals surface area (Å²) < 4.78 is 33.7. The Labute approximate surface area is 258 Å². The number of nitrogen functional groups attached to an aromatic ring is 1. The van der Waals surface area contributed by atoms with Crippen molar-refractivity contribution in [2.75, 3.05) is 25.3 Å². The van der Waals surface area contributed by atoms with Crippen LogP contribution in [-0.2, 0) is 34.9 Å². The summed E-state index contributed by atoms with van der Waals surface area (Å²) in [5, 5.41) is 5.99. The lowest BCUT2D eigenvalue weighted by Crippen LogP contribution is -2.54. The van der Waals surface area contributed by atoms with E-state index < -0.39 is 36.6 Å². The van der Waals surface area contributed by atoms with Crippen LogP contribution in [0.5, 0.6) is 0 Å². The van der Waals surface area contributed by atoms with Crippen molar-refractivity contribution in [1.29, 1.82) is 0 Å². The Morgan fingerprint density at radius 3 is 2.16 bits per heavy atom. The molecule has 242 valence electrons. The predicted octanol–water partition coefficient (Wildman–Crippen LogP) is 3.78. The lowest BCUT2D eigenvalue weighted by atomic mass is 9.43. The van der Waals surface area contributed by atoms with E-state index in [1.165, 1.54) is 38.4 Å². The van der Waals surface area contributed by atoms with Crippen molar-refractivity contribution in [1.82, 2.24) is 29.7 Å². The van der Waals surface area contributed by atoms with Gasteiger partial charge in [-0.1, -0.05) is 0 Å². The van der Waals surface area contributed by atoms with Crippen LogP contribution in [0, 0.1) is 22.7 Å². The maximum atomic E-state index is 14.5. The fourth-order valence-corrected chi connectivity index (χ4v) is 9.56. The van der Waals surface area contributed by atoms with Gasteiger partial charge in [-0.05, 0) is 102 Å². The fourth-order valence-electron chi connectivity index (χ4n) is 6.93. The third kappa shape index (κ3) is 6.38. The van der Waals surface area contributed by atoms with E-state index in [0.717, 1.165) is 24.7 Å². The van der Waals surface area contributed by atoms with Gasteiger partial charge in [0.2, 0.25) is 7.44 Å². The molecule has 7 rings (SSSR count). The summed E-state index contributed by atoms with van der Waals surface area (Å²) in [6.07, 6.45) is 10.1. The zero-order valence-corrected chi connectivity index (χ0v) is 27.3. The topological polar surface area (TPSA) is 173 Å². The van der Waals surface area contributed by atoms with Gasteiger partial charge in [0.15, 0.2) is 11.5 Å². The molecule has 0 saturated heterocycles. The van der Waals surface area contributed by atoms with E-state index in [1.807, 2.05) is 6.92 Å². The molecule has 5 saturated carbocycles. The van der Waals surface area contributed by atoms with Crippen molar-refractivity contribution in [2.45, 2.75) is 103 Å². The SMILES string of the molecule is C[C@H](Cn1cnc2c(N)ncnc21)OCP(=O)(NC(C)(C)C(=O)OCCC12CC(C1)C2)NC(C)(C)C(=O)OCCC12CC1C2. The fraction of sp³-hybridized carbons (Fsp3) is 0.767. The first-order valence-corrected chi connectivity index (χ1v) is 17.6. The molecule has 5 fully saturated rings. The van der Waals surface area contributed by atoms with Crippen molar-refractivity contribution in [3.8, 4) is 0 Å². The second-order valence-corrected chi connectivity index (χ2v) is 17.1. The van der Waals surface area contributed by atoms with Crippen LogP contribution in [-0.4, -0.2) is 68.2 Å². The number of fused-ring (bicyclic) bond motifs is 2. The Morgan fingerprint density at radius 2 is 1.61 bits per heavy atom. The van der Waals surface area contributed by atoms with Crippen LogP contribution >= 0.6 is 7.44 Å². The summed E-state index contributed by atoms with van der Waals surface area (Å²) in [4.78, 5) is 38.9. The minimum atomic E-state index is -3.76. The van der Waals surface area contributed by atoms with Gasteiger partial charge in [0.1, 0.15) is 29.3 Å². The maximum absolute atomic E-state index is 14.5. The molecule has 13 nitrogen and oxygen atoms in total. The average molecular weight is 632 g/mol. The molecule has 0 radical (unpaired) electrons. The Hall–Kier alpha value is -2.60. The van der Waals surface area contributed by atoms with Gasteiger partial charge < -0.3 is 24.5 Å². The monoisotopic (exact) mass is 631 g/mol. The highest BCUT2D eigenvalue weighted by molar-refractivity contribution is 7.59. The molecule has 1 unspecified atom stereocenters. The molecule has 14 heteroatoms. The third-order valence-electron chi connectivity index (χ3n) is 10.1. The first-order valence-electron chi connectivity index (χ1n) is 15.7. The summed E-state index contributed by atoms with van der Waals surface area (Å²) >= 11 is 0. The van der Waals surface area contributed by atoms with E-state index in [0.29, 0.717) is 41.8 Å². The van der Waals surface area contributed by atoms with E-state index in [9.17, 15) is 14.2 Å². The van der Waals surface area contributed by atoms with E-state index in [1.54, 1.807) is 38.6 Å². The quantitative estimate of drug-likeness (QED) is 0.171. The van der Waals surface area contributed by atoms with E-state index in [4.69, 9.17) is 19.9 Å². The number of carbonyl (C=O) groups excluding carboxylic acids is 2. The van der Waals surface area contributed by atoms with Crippen LogP contribution in [0.3, 0.4) is 0 Å². The second kappa shape index (κ2) is 11.0. The van der Waals surface area contributed by atoms with Gasteiger partial charge in [-0.25, -0.2) is 25.1 Å². The number of esters is 2. The van der Waals surface area contributed by atoms with E-state index in [2.05, 4.69) is 25.1 Å². The number of anilines is 1. The highest BCUT2D eigenvalue weighted by Crippen LogP contribution is 2.77. The first-order chi connectivity index (χ1) is 20.6. The molecule has 4 N–H and O–H groups in total. The highest BCUT2D eigenvalue weighted by atomic mass is 31.2. The number of nitrogens with zero attached hydrogens (tertiary/aromatic N) is 4. The standard InChI is InChI=1S/C30H46N7O6P/c1-19(15-37-17-34-22-23(31)32-16-33-24(22)37)43-18-44(40,36-28(4,5)26(39)42-9-7-30-13-21(30)14-30)35-27(2,3)25(38)41-8-6-29-10-20(11-29)12-29/h16-17,19-21H,6-15,18H2,1-5H3,(H2,31,32,33)(H2,35,36,40)/t19-,20?,21?,29?,30?,44?/m1/s1. The summed E-state index contributed by atoms with van der Waals surface area (Å²) in [5.41, 5.74) is 5.07. The zero-order chi connectivity index (χ0) is 31.5. The Bertz CT molecular complexity index is 1470. The van der Waals surface area contributed by atoms with Gasteiger partial charge in [-0.15, -0.1) is 0 Å². The van der Waals surface area contributed by atoms with E-state index in [-0.39, 0.29) is 12.2 Å². The molecule has 2 heterocycles. The first kappa shape index (κ1) is 31.4.